The fraction of sp³-hybridized carbons (Fsp3) is 0.500. The summed E-state index contributed by atoms with van der Waals surface area (Å²) in [4.78, 5) is 0. The van der Waals surface area contributed by atoms with Crippen LogP contribution in [0.4, 0.5) is 4.39 Å². The van der Waals surface area contributed by atoms with Gasteiger partial charge >= 0.3 is 0 Å². The van der Waals surface area contributed by atoms with E-state index in [1.165, 1.54) is 6.07 Å². The molecular weight excluding hydrogens is 271 g/mol. The van der Waals surface area contributed by atoms with Crippen LogP contribution < -0.4 is 11.1 Å². The van der Waals surface area contributed by atoms with Crippen LogP contribution in [0.2, 0.25) is 0 Å². The first-order valence-corrected chi connectivity index (χ1v) is 6.22. The van der Waals surface area contributed by atoms with Crippen molar-refractivity contribution >= 4 is 15.9 Å². The molecule has 1 aromatic carbocycles. The third kappa shape index (κ3) is 3.54. The third-order valence-corrected chi connectivity index (χ3v) is 3.53. The quantitative estimate of drug-likeness (QED) is 0.874. The summed E-state index contributed by atoms with van der Waals surface area (Å²) in [5, 5.41) is 3.33. The molecule has 0 radical (unpaired) electrons. The summed E-state index contributed by atoms with van der Waals surface area (Å²) < 4.78 is 13.8. The largest absolute Gasteiger partial charge is 0.329 e. The van der Waals surface area contributed by atoms with Gasteiger partial charge in [-0.15, -0.1) is 0 Å². The zero-order valence-electron chi connectivity index (χ0n) is 9.63. The summed E-state index contributed by atoms with van der Waals surface area (Å²) in [6.07, 6.45) is 0. The molecule has 0 aliphatic rings. The van der Waals surface area contributed by atoms with E-state index < -0.39 is 0 Å². The maximum Gasteiger partial charge on any atom is 0.137 e. The Morgan fingerprint density at radius 3 is 2.69 bits per heavy atom. The summed E-state index contributed by atoms with van der Waals surface area (Å²) in [6.45, 7) is 5.44. The number of nitrogens with one attached hydrogen (secondary N) is 1. The van der Waals surface area contributed by atoms with Gasteiger partial charge in [0.15, 0.2) is 0 Å². The van der Waals surface area contributed by atoms with Gasteiger partial charge in [0.25, 0.3) is 0 Å². The van der Waals surface area contributed by atoms with Gasteiger partial charge in [-0.2, -0.15) is 0 Å². The first-order chi connectivity index (χ1) is 7.56. The highest BCUT2D eigenvalue weighted by Crippen LogP contribution is 2.20. The lowest BCUT2D eigenvalue weighted by atomic mass is 10.0. The molecule has 0 aliphatic carbocycles. The zero-order valence-corrected chi connectivity index (χ0v) is 11.2. The number of hydrogen-bond donors (Lipinski definition) is 2. The van der Waals surface area contributed by atoms with Crippen molar-refractivity contribution in [2.24, 2.45) is 11.7 Å². The average molecular weight is 289 g/mol. The smallest absolute Gasteiger partial charge is 0.137 e. The molecule has 0 aromatic heterocycles. The summed E-state index contributed by atoms with van der Waals surface area (Å²) >= 11 is 3.24. The van der Waals surface area contributed by atoms with Gasteiger partial charge in [-0.25, -0.2) is 4.39 Å². The normalized spacial score (nSPS) is 13.1. The maximum absolute atomic E-state index is 13.2. The summed E-state index contributed by atoms with van der Waals surface area (Å²) in [5.74, 6) is 0.241. The highest BCUT2D eigenvalue weighted by molar-refractivity contribution is 9.10. The van der Waals surface area contributed by atoms with Gasteiger partial charge in [0, 0.05) is 19.1 Å². The molecule has 90 valence electrons. The lowest BCUT2D eigenvalue weighted by Gasteiger charge is -2.21. The minimum absolute atomic E-state index is 0.229. The lowest BCUT2D eigenvalue weighted by Crippen LogP contribution is -2.39. The molecule has 1 atom stereocenters. The Morgan fingerprint density at radius 2 is 2.12 bits per heavy atom. The van der Waals surface area contributed by atoms with E-state index in [2.05, 4.69) is 35.1 Å². The van der Waals surface area contributed by atoms with Crippen LogP contribution in [0.5, 0.6) is 0 Å². The van der Waals surface area contributed by atoms with E-state index in [-0.39, 0.29) is 11.9 Å². The van der Waals surface area contributed by atoms with Crippen LogP contribution in [-0.4, -0.2) is 12.6 Å². The van der Waals surface area contributed by atoms with Crippen LogP contribution in [-0.2, 0) is 6.54 Å². The SMILES string of the molecule is CC(C)C(CN)NCc1cccc(F)c1Br. The van der Waals surface area contributed by atoms with E-state index in [1.807, 2.05) is 6.07 Å². The second kappa shape index (κ2) is 6.33. The Labute approximate surface area is 105 Å². The summed E-state index contributed by atoms with van der Waals surface area (Å²) in [7, 11) is 0. The van der Waals surface area contributed by atoms with Crippen LogP contribution >= 0.6 is 15.9 Å². The zero-order chi connectivity index (χ0) is 12.1. The van der Waals surface area contributed by atoms with E-state index >= 15 is 0 Å². The van der Waals surface area contributed by atoms with Crippen molar-refractivity contribution in [3.05, 3.63) is 34.1 Å². The Bertz CT molecular complexity index is 342. The highest BCUT2D eigenvalue weighted by Gasteiger charge is 2.11. The van der Waals surface area contributed by atoms with Crippen LogP contribution in [0.15, 0.2) is 22.7 Å². The highest BCUT2D eigenvalue weighted by atomic mass is 79.9. The van der Waals surface area contributed by atoms with Crippen LogP contribution in [0.1, 0.15) is 19.4 Å². The second-order valence-corrected chi connectivity index (χ2v) is 4.97. The standard InChI is InChI=1S/C12H18BrFN2/c1-8(2)11(6-15)16-7-9-4-3-5-10(14)12(9)13/h3-5,8,11,16H,6-7,15H2,1-2H3. The predicted molar refractivity (Wildman–Crippen MR) is 68.6 cm³/mol. The number of nitrogens with two attached hydrogens (primary N) is 1. The van der Waals surface area contributed by atoms with Crippen molar-refractivity contribution < 1.29 is 4.39 Å². The molecule has 0 saturated carbocycles. The Balaban J connectivity index is 2.64. The number of halogens is 2. The Morgan fingerprint density at radius 1 is 1.44 bits per heavy atom. The summed E-state index contributed by atoms with van der Waals surface area (Å²) in [5.41, 5.74) is 6.57. The fourth-order valence-corrected chi connectivity index (χ4v) is 1.92. The molecule has 0 bridgehead atoms. The van der Waals surface area contributed by atoms with E-state index in [1.54, 1.807) is 6.07 Å². The molecule has 4 heteroatoms. The molecule has 2 nitrogen and oxygen atoms in total. The van der Waals surface area contributed by atoms with E-state index in [0.717, 1.165) is 5.56 Å². The Kier molecular flexibility index (Phi) is 5.38. The predicted octanol–water partition coefficient (Wildman–Crippen LogP) is 2.66. The molecule has 0 amide bonds. The van der Waals surface area contributed by atoms with Crippen molar-refractivity contribution in [1.82, 2.24) is 5.32 Å². The molecule has 3 N–H and O–H groups in total. The van der Waals surface area contributed by atoms with Crippen LogP contribution in [0.3, 0.4) is 0 Å². The minimum Gasteiger partial charge on any atom is -0.329 e. The van der Waals surface area contributed by atoms with Gasteiger partial charge in [0.2, 0.25) is 0 Å². The fourth-order valence-electron chi connectivity index (χ4n) is 1.52. The van der Waals surface area contributed by atoms with E-state index in [0.29, 0.717) is 23.5 Å². The molecule has 16 heavy (non-hydrogen) atoms. The second-order valence-electron chi connectivity index (χ2n) is 4.18. The Hall–Kier alpha value is -0.450. The molecule has 0 heterocycles. The van der Waals surface area contributed by atoms with Gasteiger partial charge in [-0.1, -0.05) is 26.0 Å². The van der Waals surface area contributed by atoms with Crippen LogP contribution in [0.25, 0.3) is 0 Å². The monoisotopic (exact) mass is 288 g/mol. The molecule has 1 aromatic rings. The number of benzene rings is 1. The molecule has 0 spiro atoms. The van der Waals surface area contributed by atoms with E-state index in [4.69, 9.17) is 5.73 Å². The molecule has 1 unspecified atom stereocenters. The summed E-state index contributed by atoms with van der Waals surface area (Å²) in [6, 6.07) is 5.31. The van der Waals surface area contributed by atoms with Crippen molar-refractivity contribution in [2.45, 2.75) is 26.4 Å². The molecular formula is C12H18BrFN2. The van der Waals surface area contributed by atoms with Gasteiger partial charge in [-0.05, 0) is 33.5 Å². The van der Waals surface area contributed by atoms with Crippen molar-refractivity contribution in [3.63, 3.8) is 0 Å². The first-order valence-electron chi connectivity index (χ1n) is 5.42. The maximum atomic E-state index is 13.2. The molecule has 0 saturated heterocycles. The number of rotatable bonds is 5. The van der Waals surface area contributed by atoms with Gasteiger partial charge in [0.1, 0.15) is 5.82 Å². The molecule has 0 aliphatic heterocycles. The molecule has 0 fully saturated rings. The topological polar surface area (TPSA) is 38.0 Å². The average Bonchev–Trinajstić information content (AvgIpc) is 2.24. The minimum atomic E-state index is -0.229. The van der Waals surface area contributed by atoms with Crippen molar-refractivity contribution in [2.75, 3.05) is 6.54 Å². The third-order valence-electron chi connectivity index (χ3n) is 2.64. The van der Waals surface area contributed by atoms with Crippen molar-refractivity contribution in [1.29, 1.82) is 0 Å². The van der Waals surface area contributed by atoms with Gasteiger partial charge < -0.3 is 11.1 Å². The van der Waals surface area contributed by atoms with Crippen LogP contribution in [0, 0.1) is 11.7 Å². The molecule has 1 rings (SSSR count). The lowest BCUT2D eigenvalue weighted by molar-refractivity contribution is 0.404. The first kappa shape index (κ1) is 13.6. The van der Waals surface area contributed by atoms with Gasteiger partial charge in [-0.3, -0.25) is 0 Å². The van der Waals surface area contributed by atoms with Gasteiger partial charge in [0.05, 0.1) is 4.47 Å². The van der Waals surface area contributed by atoms with E-state index in [9.17, 15) is 4.39 Å². The van der Waals surface area contributed by atoms with Crippen molar-refractivity contribution in [3.8, 4) is 0 Å². The number of hydrogen-bond acceptors (Lipinski definition) is 2.